The third kappa shape index (κ3) is 2.15. The summed E-state index contributed by atoms with van der Waals surface area (Å²) in [6.45, 7) is 1.93. The topological polar surface area (TPSA) is 122 Å². The van der Waals surface area contributed by atoms with Crippen molar-refractivity contribution in [1.29, 1.82) is 0 Å². The number of nitrogens with zero attached hydrogens (tertiary/aromatic N) is 5. The number of aromatic nitrogens is 4. The summed E-state index contributed by atoms with van der Waals surface area (Å²) in [4.78, 5) is 12.9. The van der Waals surface area contributed by atoms with Crippen molar-refractivity contribution in [1.82, 2.24) is 19.5 Å². The number of oxime groups is 1. The van der Waals surface area contributed by atoms with Crippen LogP contribution in [-0.2, 0) is 6.54 Å². The second kappa shape index (κ2) is 4.98. The number of hydrogen-bond acceptors (Lipinski definition) is 7. The van der Waals surface area contributed by atoms with Crippen LogP contribution in [0.5, 0.6) is 0 Å². The number of anilines is 1. The Hall–Kier alpha value is -2.74. The molecule has 3 aromatic heterocycles. The van der Waals surface area contributed by atoms with Gasteiger partial charge in [-0.25, -0.2) is 9.97 Å². The van der Waals surface area contributed by atoms with Gasteiger partial charge in [0.1, 0.15) is 22.8 Å². The molecule has 3 aromatic rings. The zero-order valence-corrected chi connectivity index (χ0v) is 11.3. The van der Waals surface area contributed by atoms with Crippen molar-refractivity contribution in [3.63, 3.8) is 0 Å². The first-order valence-corrected chi connectivity index (χ1v) is 6.37. The minimum absolute atomic E-state index is 0.266. The first-order valence-electron chi connectivity index (χ1n) is 6.37. The van der Waals surface area contributed by atoms with E-state index in [0.717, 1.165) is 0 Å². The molecule has 4 N–H and O–H groups in total. The normalized spacial score (nSPS) is 13.4. The van der Waals surface area contributed by atoms with Gasteiger partial charge in [-0.05, 0) is 19.1 Å². The molecule has 0 saturated carbocycles. The predicted molar refractivity (Wildman–Crippen MR) is 78.3 cm³/mol. The van der Waals surface area contributed by atoms with Gasteiger partial charge >= 0.3 is 0 Å². The number of fused-ring (bicyclic) bond motifs is 3. The first kappa shape index (κ1) is 13.3. The Morgan fingerprint density at radius 1 is 1.43 bits per heavy atom. The molecule has 3 rings (SSSR count). The SMILES string of the molecule is CC(O)Cn1c(/C=N/O)nc2c(N)nc3cccnc3c21. The fraction of sp³-hybridized carbons (Fsp3) is 0.231. The lowest BCUT2D eigenvalue weighted by Crippen LogP contribution is -2.14. The van der Waals surface area contributed by atoms with Crippen LogP contribution >= 0.6 is 0 Å². The molecule has 0 amide bonds. The van der Waals surface area contributed by atoms with Crippen molar-refractivity contribution in [2.24, 2.45) is 5.16 Å². The van der Waals surface area contributed by atoms with Gasteiger partial charge in [0.25, 0.3) is 0 Å². The zero-order chi connectivity index (χ0) is 15.0. The summed E-state index contributed by atoms with van der Waals surface area (Å²) in [6, 6.07) is 3.57. The number of nitrogen functional groups attached to an aromatic ring is 1. The Balaban J connectivity index is 2.45. The molecule has 0 aliphatic rings. The molecule has 1 atom stereocenters. The third-order valence-corrected chi connectivity index (χ3v) is 3.11. The molecule has 0 saturated heterocycles. The summed E-state index contributed by atoms with van der Waals surface area (Å²) < 4.78 is 1.72. The molecule has 0 radical (unpaired) electrons. The maximum atomic E-state index is 9.69. The summed E-state index contributed by atoms with van der Waals surface area (Å²) in [6.07, 6.45) is 2.23. The van der Waals surface area contributed by atoms with E-state index in [9.17, 15) is 5.11 Å². The van der Waals surface area contributed by atoms with E-state index in [2.05, 4.69) is 20.1 Å². The fourth-order valence-electron chi connectivity index (χ4n) is 2.34. The Bertz CT molecular complexity index is 839. The minimum Gasteiger partial charge on any atom is -0.411 e. The molecule has 1 unspecified atom stereocenters. The van der Waals surface area contributed by atoms with Crippen LogP contribution in [0.3, 0.4) is 0 Å². The Labute approximate surface area is 119 Å². The quantitative estimate of drug-likeness (QED) is 0.371. The lowest BCUT2D eigenvalue weighted by Gasteiger charge is -2.10. The van der Waals surface area contributed by atoms with Gasteiger partial charge in [0.05, 0.1) is 18.2 Å². The number of imidazole rings is 1. The maximum absolute atomic E-state index is 9.69. The van der Waals surface area contributed by atoms with Gasteiger partial charge in [0.15, 0.2) is 11.6 Å². The number of aliphatic hydroxyl groups excluding tert-OH is 1. The molecule has 0 aliphatic carbocycles. The molecule has 8 nitrogen and oxygen atoms in total. The molecule has 21 heavy (non-hydrogen) atoms. The number of pyridine rings is 2. The van der Waals surface area contributed by atoms with E-state index in [1.165, 1.54) is 6.21 Å². The molecule has 0 spiro atoms. The molecular formula is C13H14N6O2. The van der Waals surface area contributed by atoms with Gasteiger partial charge in [-0.2, -0.15) is 0 Å². The highest BCUT2D eigenvalue weighted by atomic mass is 16.4. The second-order valence-electron chi connectivity index (χ2n) is 4.74. The van der Waals surface area contributed by atoms with Crippen LogP contribution in [0, 0.1) is 0 Å². The van der Waals surface area contributed by atoms with Crippen molar-refractivity contribution in [2.75, 3.05) is 5.73 Å². The van der Waals surface area contributed by atoms with E-state index < -0.39 is 6.10 Å². The molecule has 0 bridgehead atoms. The fourth-order valence-corrected chi connectivity index (χ4v) is 2.34. The number of aliphatic hydroxyl groups is 1. The van der Waals surface area contributed by atoms with Gasteiger partial charge in [0, 0.05) is 6.20 Å². The monoisotopic (exact) mass is 286 g/mol. The van der Waals surface area contributed by atoms with Gasteiger partial charge in [-0.1, -0.05) is 5.16 Å². The van der Waals surface area contributed by atoms with Gasteiger partial charge < -0.3 is 20.6 Å². The lowest BCUT2D eigenvalue weighted by atomic mass is 10.2. The smallest absolute Gasteiger partial charge is 0.156 e. The highest BCUT2D eigenvalue weighted by Gasteiger charge is 2.18. The Kier molecular flexibility index (Phi) is 3.15. The van der Waals surface area contributed by atoms with E-state index in [1.807, 2.05) is 0 Å². The summed E-state index contributed by atoms with van der Waals surface area (Å²) in [5, 5.41) is 21.5. The Morgan fingerprint density at radius 2 is 2.24 bits per heavy atom. The molecule has 0 aromatic carbocycles. The van der Waals surface area contributed by atoms with Gasteiger partial charge in [-0.15, -0.1) is 0 Å². The third-order valence-electron chi connectivity index (χ3n) is 3.11. The molecule has 3 heterocycles. The van der Waals surface area contributed by atoms with Crippen LogP contribution in [0.1, 0.15) is 12.7 Å². The number of rotatable bonds is 3. The molecule has 0 fully saturated rings. The number of nitrogens with two attached hydrogens (primary N) is 1. The summed E-state index contributed by atoms with van der Waals surface area (Å²) in [5.74, 6) is 0.641. The summed E-state index contributed by atoms with van der Waals surface area (Å²) >= 11 is 0. The predicted octanol–water partition coefficient (Wildman–Crippen LogP) is 0.751. The van der Waals surface area contributed by atoms with E-state index in [1.54, 1.807) is 29.8 Å². The molecule has 8 heteroatoms. The average Bonchev–Trinajstić information content (AvgIpc) is 2.79. The molecule has 0 aliphatic heterocycles. The highest BCUT2D eigenvalue weighted by Crippen LogP contribution is 2.27. The van der Waals surface area contributed by atoms with Crippen molar-refractivity contribution in [3.05, 3.63) is 24.2 Å². The summed E-state index contributed by atoms with van der Waals surface area (Å²) in [7, 11) is 0. The standard InChI is InChI=1S/C13H14N6O2/c1-7(20)6-19-9(5-16-21)18-11-12(19)10-8(17-13(11)14)3-2-4-15-10/h2-5,7,20-21H,6H2,1H3,(H2,14,17)/b16-5+. The highest BCUT2D eigenvalue weighted by molar-refractivity contribution is 6.05. The van der Waals surface area contributed by atoms with E-state index in [-0.39, 0.29) is 12.4 Å². The van der Waals surface area contributed by atoms with Gasteiger partial charge in [-0.3, -0.25) is 4.98 Å². The molecule has 108 valence electrons. The van der Waals surface area contributed by atoms with Crippen LogP contribution in [0.2, 0.25) is 0 Å². The van der Waals surface area contributed by atoms with Gasteiger partial charge in [0.2, 0.25) is 0 Å². The van der Waals surface area contributed by atoms with Crippen LogP contribution in [-0.4, -0.2) is 42.2 Å². The van der Waals surface area contributed by atoms with Crippen LogP contribution in [0.25, 0.3) is 22.1 Å². The zero-order valence-electron chi connectivity index (χ0n) is 11.3. The number of hydrogen-bond donors (Lipinski definition) is 3. The van der Waals surface area contributed by atoms with Crippen molar-refractivity contribution in [3.8, 4) is 0 Å². The van der Waals surface area contributed by atoms with E-state index >= 15 is 0 Å². The minimum atomic E-state index is -0.610. The lowest BCUT2D eigenvalue weighted by molar-refractivity contribution is 0.175. The van der Waals surface area contributed by atoms with Crippen molar-refractivity contribution < 1.29 is 10.3 Å². The van der Waals surface area contributed by atoms with E-state index in [0.29, 0.717) is 27.9 Å². The van der Waals surface area contributed by atoms with Crippen LogP contribution < -0.4 is 5.73 Å². The Morgan fingerprint density at radius 3 is 2.95 bits per heavy atom. The van der Waals surface area contributed by atoms with Crippen LogP contribution in [0.4, 0.5) is 5.82 Å². The van der Waals surface area contributed by atoms with Crippen molar-refractivity contribution >= 4 is 34.1 Å². The largest absolute Gasteiger partial charge is 0.411 e. The van der Waals surface area contributed by atoms with Crippen molar-refractivity contribution in [2.45, 2.75) is 19.6 Å². The summed E-state index contributed by atoms with van der Waals surface area (Å²) in [5.41, 5.74) is 8.35. The molecular weight excluding hydrogens is 272 g/mol. The maximum Gasteiger partial charge on any atom is 0.156 e. The average molecular weight is 286 g/mol. The van der Waals surface area contributed by atoms with Crippen LogP contribution in [0.15, 0.2) is 23.5 Å². The first-order chi connectivity index (χ1) is 10.1. The van der Waals surface area contributed by atoms with E-state index in [4.69, 9.17) is 10.9 Å². The second-order valence-corrected chi connectivity index (χ2v) is 4.74.